The molecule has 0 aliphatic carbocycles. The van der Waals surface area contributed by atoms with E-state index < -0.39 is 0 Å². The highest BCUT2D eigenvalue weighted by atomic mass is 16.5. The maximum atomic E-state index is 12.8. The molecule has 0 spiro atoms. The van der Waals surface area contributed by atoms with E-state index in [-0.39, 0.29) is 23.8 Å². The number of carbonyl (C=O) groups is 2. The Morgan fingerprint density at radius 3 is 2.33 bits per heavy atom. The van der Waals surface area contributed by atoms with Crippen molar-refractivity contribution >= 4 is 17.6 Å². The molecule has 0 unspecified atom stereocenters. The Bertz CT molecular complexity index is 783. The van der Waals surface area contributed by atoms with Crippen LogP contribution in [-0.4, -0.2) is 38.1 Å². The smallest absolute Gasteiger partial charge is 0.309 e. The first-order valence-corrected chi connectivity index (χ1v) is 9.48. The second-order valence-electron chi connectivity index (χ2n) is 7.08. The number of quaternary nitrogens is 1. The second-order valence-corrected chi connectivity index (χ2v) is 7.08. The molecule has 1 aliphatic heterocycles. The number of esters is 1. The van der Waals surface area contributed by atoms with Crippen molar-refractivity contribution in [3.63, 3.8) is 0 Å². The fraction of sp³-hybridized carbons (Fsp3) is 0.364. The van der Waals surface area contributed by atoms with Crippen LogP contribution < -0.4 is 10.2 Å². The number of piperidine rings is 1. The van der Waals surface area contributed by atoms with Gasteiger partial charge in [-0.3, -0.25) is 9.59 Å². The highest BCUT2D eigenvalue weighted by molar-refractivity contribution is 5.97. The van der Waals surface area contributed by atoms with Crippen molar-refractivity contribution in [3.05, 3.63) is 54.6 Å². The number of likely N-dealkylation sites (tertiary alicyclic amines) is 1. The molecule has 0 aromatic heterocycles. The van der Waals surface area contributed by atoms with Crippen LogP contribution in [0.25, 0.3) is 11.1 Å². The monoisotopic (exact) mass is 367 g/mol. The van der Waals surface area contributed by atoms with Crippen molar-refractivity contribution in [2.24, 2.45) is 5.92 Å². The van der Waals surface area contributed by atoms with E-state index >= 15 is 0 Å². The number of hydrogen-bond donors (Lipinski definition) is 2. The van der Waals surface area contributed by atoms with Crippen molar-refractivity contribution in [2.45, 2.75) is 25.8 Å². The minimum atomic E-state index is -0.174. The summed E-state index contributed by atoms with van der Waals surface area (Å²) in [5.41, 5.74) is 2.91. The van der Waals surface area contributed by atoms with Crippen LogP contribution in [0, 0.1) is 5.92 Å². The van der Waals surface area contributed by atoms with Gasteiger partial charge in [-0.05, 0) is 18.6 Å². The van der Waals surface area contributed by atoms with Crippen LogP contribution in [0.4, 0.5) is 5.69 Å². The fourth-order valence-corrected chi connectivity index (χ4v) is 3.71. The Hall–Kier alpha value is -2.66. The summed E-state index contributed by atoms with van der Waals surface area (Å²) in [7, 11) is 1.43. The van der Waals surface area contributed by atoms with Crippen molar-refractivity contribution < 1.29 is 19.2 Å². The fourth-order valence-electron chi connectivity index (χ4n) is 3.71. The zero-order chi connectivity index (χ0) is 19.2. The molecule has 1 saturated heterocycles. The zero-order valence-electron chi connectivity index (χ0n) is 15.9. The minimum absolute atomic E-state index is 0.00454. The van der Waals surface area contributed by atoms with Crippen molar-refractivity contribution in [2.75, 3.05) is 25.5 Å². The predicted octanol–water partition coefficient (Wildman–Crippen LogP) is 2.15. The molecule has 3 rings (SSSR count). The molecule has 1 aliphatic rings. The number of amides is 1. The Balaban J connectivity index is 1.65. The van der Waals surface area contributed by atoms with Gasteiger partial charge in [0.25, 0.3) is 5.91 Å². The van der Waals surface area contributed by atoms with Gasteiger partial charge in [-0.25, -0.2) is 0 Å². The van der Waals surface area contributed by atoms with Gasteiger partial charge in [-0.1, -0.05) is 48.5 Å². The zero-order valence-corrected chi connectivity index (χ0v) is 15.9. The normalized spacial score (nSPS) is 20.5. The van der Waals surface area contributed by atoms with E-state index in [4.69, 9.17) is 4.74 Å². The molecule has 0 radical (unpaired) electrons. The number of ether oxygens (including phenoxy) is 1. The predicted molar refractivity (Wildman–Crippen MR) is 105 cm³/mol. The topological polar surface area (TPSA) is 59.8 Å². The van der Waals surface area contributed by atoms with Gasteiger partial charge in [-0.15, -0.1) is 0 Å². The third-order valence-corrected chi connectivity index (χ3v) is 5.44. The quantitative estimate of drug-likeness (QED) is 0.796. The number of carbonyl (C=O) groups excluding carboxylic acids is 2. The van der Waals surface area contributed by atoms with Gasteiger partial charge >= 0.3 is 5.97 Å². The summed E-state index contributed by atoms with van der Waals surface area (Å²) in [6, 6.07) is 17.7. The maximum absolute atomic E-state index is 12.8. The molecular formula is C22H27N2O3+. The van der Waals surface area contributed by atoms with Crippen LogP contribution >= 0.6 is 0 Å². The van der Waals surface area contributed by atoms with E-state index in [9.17, 15) is 9.59 Å². The Labute approximate surface area is 160 Å². The van der Waals surface area contributed by atoms with Crippen molar-refractivity contribution in [1.29, 1.82) is 0 Å². The molecule has 0 bridgehead atoms. The van der Waals surface area contributed by atoms with E-state index in [2.05, 4.69) is 5.32 Å². The highest BCUT2D eigenvalue weighted by Crippen LogP contribution is 2.27. The first kappa shape index (κ1) is 19.1. The number of benzene rings is 2. The average molecular weight is 367 g/mol. The van der Waals surface area contributed by atoms with Gasteiger partial charge in [0.2, 0.25) is 0 Å². The Morgan fingerprint density at radius 2 is 1.67 bits per heavy atom. The number of nitrogens with one attached hydrogen (secondary N) is 2. The van der Waals surface area contributed by atoms with Crippen LogP contribution in [-0.2, 0) is 14.3 Å². The molecule has 2 aromatic carbocycles. The summed E-state index contributed by atoms with van der Waals surface area (Å²) >= 11 is 0. The van der Waals surface area contributed by atoms with Crippen LogP contribution in [0.2, 0.25) is 0 Å². The third-order valence-electron chi connectivity index (χ3n) is 5.44. The average Bonchev–Trinajstić information content (AvgIpc) is 2.73. The van der Waals surface area contributed by atoms with Crippen LogP contribution in [0.1, 0.15) is 19.8 Å². The van der Waals surface area contributed by atoms with Gasteiger partial charge in [-0.2, -0.15) is 0 Å². The first-order valence-electron chi connectivity index (χ1n) is 9.48. The number of para-hydroxylation sites is 1. The van der Waals surface area contributed by atoms with Crippen LogP contribution in [0.5, 0.6) is 0 Å². The van der Waals surface area contributed by atoms with Gasteiger partial charge in [0, 0.05) is 24.1 Å². The van der Waals surface area contributed by atoms with E-state index in [1.165, 1.54) is 12.0 Å². The molecule has 1 fully saturated rings. The summed E-state index contributed by atoms with van der Waals surface area (Å²) in [6.45, 7) is 3.55. The molecule has 5 nitrogen and oxygen atoms in total. The van der Waals surface area contributed by atoms with Gasteiger partial charge in [0.1, 0.15) is 0 Å². The standard InChI is InChI=1S/C22H26N2O3/c1-16(24-14-12-18(13-15-24)22(26)27-2)21(25)23-20-11-7-6-10-19(20)17-8-4-3-5-9-17/h3-11,16,18H,12-15H2,1-2H3,(H,23,25)/p+1/t16-/m1/s1. The van der Waals surface area contributed by atoms with E-state index in [0.717, 1.165) is 42.7 Å². The Morgan fingerprint density at radius 1 is 1.04 bits per heavy atom. The van der Waals surface area contributed by atoms with Crippen LogP contribution in [0.3, 0.4) is 0 Å². The lowest BCUT2D eigenvalue weighted by atomic mass is 9.96. The molecule has 5 heteroatoms. The lowest BCUT2D eigenvalue weighted by Gasteiger charge is -2.31. The molecule has 2 aromatic rings. The molecular weight excluding hydrogens is 340 g/mol. The summed E-state index contributed by atoms with van der Waals surface area (Å²) in [4.78, 5) is 25.7. The molecule has 1 heterocycles. The van der Waals surface area contributed by atoms with Gasteiger partial charge in [0.05, 0.1) is 26.1 Å². The van der Waals surface area contributed by atoms with Gasteiger partial charge < -0.3 is 15.0 Å². The number of methoxy groups -OCH3 is 1. The van der Waals surface area contributed by atoms with Crippen LogP contribution in [0.15, 0.2) is 54.6 Å². The number of anilines is 1. The number of rotatable bonds is 5. The van der Waals surface area contributed by atoms with Crippen molar-refractivity contribution in [1.82, 2.24) is 0 Å². The summed E-state index contributed by atoms with van der Waals surface area (Å²) in [5.74, 6) is -0.166. The maximum Gasteiger partial charge on any atom is 0.309 e. The lowest BCUT2D eigenvalue weighted by molar-refractivity contribution is -0.919. The largest absolute Gasteiger partial charge is 0.469 e. The molecule has 1 amide bonds. The SMILES string of the molecule is COC(=O)C1CC[NH+]([C@H](C)C(=O)Nc2ccccc2-c2ccccc2)CC1. The molecule has 1 atom stereocenters. The van der Waals surface area contributed by atoms with Gasteiger partial charge in [0.15, 0.2) is 6.04 Å². The minimum Gasteiger partial charge on any atom is -0.469 e. The van der Waals surface area contributed by atoms with E-state index in [1.54, 1.807) is 0 Å². The summed E-state index contributed by atoms with van der Waals surface area (Å²) < 4.78 is 4.84. The van der Waals surface area contributed by atoms with Crippen molar-refractivity contribution in [3.8, 4) is 11.1 Å². The van der Waals surface area contributed by atoms with E-state index in [1.807, 2.05) is 61.5 Å². The number of hydrogen-bond acceptors (Lipinski definition) is 3. The van der Waals surface area contributed by atoms with E-state index in [0.29, 0.717) is 0 Å². The lowest BCUT2D eigenvalue weighted by Crippen LogP contribution is -3.17. The second kappa shape index (κ2) is 8.82. The molecule has 142 valence electrons. The molecule has 0 saturated carbocycles. The Kier molecular flexibility index (Phi) is 6.24. The molecule has 2 N–H and O–H groups in total. The third kappa shape index (κ3) is 4.55. The summed E-state index contributed by atoms with van der Waals surface area (Å²) in [5, 5.41) is 3.10. The molecule has 27 heavy (non-hydrogen) atoms. The summed E-state index contributed by atoms with van der Waals surface area (Å²) in [6.07, 6.45) is 1.53. The first-order chi connectivity index (χ1) is 13.1. The highest BCUT2D eigenvalue weighted by Gasteiger charge is 2.33.